The van der Waals surface area contributed by atoms with Gasteiger partial charge in [0.1, 0.15) is 0 Å². The second kappa shape index (κ2) is 6.36. The first kappa shape index (κ1) is 12.8. The van der Waals surface area contributed by atoms with Crippen LogP contribution in [0.4, 0.5) is 0 Å². The fraction of sp³-hybridized carbons (Fsp3) is 0.923. The zero-order valence-electron chi connectivity index (χ0n) is 10.7. The number of carbonyl (C=O) groups is 1. The van der Waals surface area contributed by atoms with Crippen molar-refractivity contribution >= 4 is 5.91 Å². The lowest BCUT2D eigenvalue weighted by Gasteiger charge is -2.34. The summed E-state index contributed by atoms with van der Waals surface area (Å²) < 4.78 is 0. The van der Waals surface area contributed by atoms with Crippen LogP contribution in [0, 0.1) is 0 Å². The Bertz CT molecular complexity index is 251. The predicted octanol–water partition coefficient (Wildman–Crippen LogP) is 0.858. The molecule has 0 aromatic heterocycles. The predicted molar refractivity (Wildman–Crippen MR) is 68.7 cm³/mol. The summed E-state index contributed by atoms with van der Waals surface area (Å²) in [6, 6.07) is 0.663. The van der Waals surface area contributed by atoms with Gasteiger partial charge in [0.25, 0.3) is 0 Å². The highest BCUT2D eigenvalue weighted by molar-refractivity contribution is 5.82. The zero-order chi connectivity index (χ0) is 12.1. The van der Waals surface area contributed by atoms with Crippen LogP contribution in [0.3, 0.4) is 0 Å². The summed E-state index contributed by atoms with van der Waals surface area (Å²) in [4.78, 5) is 14.5. The second-order valence-electron chi connectivity index (χ2n) is 5.27. The van der Waals surface area contributed by atoms with Crippen LogP contribution in [0.15, 0.2) is 0 Å². The van der Waals surface area contributed by atoms with Crippen LogP contribution in [-0.4, -0.2) is 42.5 Å². The Hall–Kier alpha value is -0.610. The average molecular weight is 239 g/mol. The van der Waals surface area contributed by atoms with Crippen molar-refractivity contribution < 1.29 is 4.79 Å². The van der Waals surface area contributed by atoms with Gasteiger partial charge in [0, 0.05) is 25.7 Å². The van der Waals surface area contributed by atoms with Gasteiger partial charge in [-0.25, -0.2) is 0 Å². The lowest BCUT2D eigenvalue weighted by atomic mass is 10.1. The van der Waals surface area contributed by atoms with E-state index in [4.69, 9.17) is 5.73 Å². The van der Waals surface area contributed by atoms with Crippen LogP contribution in [0.5, 0.6) is 0 Å². The normalized spacial score (nSPS) is 27.2. The monoisotopic (exact) mass is 239 g/mol. The first-order valence-electron chi connectivity index (χ1n) is 7.06. The molecule has 0 bridgehead atoms. The van der Waals surface area contributed by atoms with Gasteiger partial charge in [0.2, 0.25) is 5.91 Å². The highest BCUT2D eigenvalue weighted by Crippen LogP contribution is 2.26. The summed E-state index contributed by atoms with van der Waals surface area (Å²) in [5, 5.41) is 3.04. The van der Waals surface area contributed by atoms with Gasteiger partial charge in [-0.2, -0.15) is 0 Å². The fourth-order valence-electron chi connectivity index (χ4n) is 3.22. The van der Waals surface area contributed by atoms with Crippen LogP contribution < -0.4 is 11.1 Å². The number of nitrogens with two attached hydrogens (primary N) is 1. The van der Waals surface area contributed by atoms with Gasteiger partial charge in [0.05, 0.1) is 6.04 Å². The van der Waals surface area contributed by atoms with Crippen molar-refractivity contribution in [1.29, 1.82) is 0 Å². The Morgan fingerprint density at radius 1 is 1.18 bits per heavy atom. The van der Waals surface area contributed by atoms with Crippen molar-refractivity contribution in [3.63, 3.8) is 0 Å². The second-order valence-corrected chi connectivity index (χ2v) is 5.27. The Labute approximate surface area is 104 Å². The molecule has 1 heterocycles. The maximum atomic E-state index is 12.1. The maximum absolute atomic E-state index is 12.1. The van der Waals surface area contributed by atoms with Crippen molar-refractivity contribution in [3.8, 4) is 0 Å². The summed E-state index contributed by atoms with van der Waals surface area (Å²) in [5.74, 6) is 0.225. The first-order valence-corrected chi connectivity index (χ1v) is 7.06. The highest BCUT2D eigenvalue weighted by Gasteiger charge is 2.32. The van der Waals surface area contributed by atoms with Gasteiger partial charge >= 0.3 is 0 Å². The van der Waals surface area contributed by atoms with E-state index in [1.807, 2.05) is 0 Å². The van der Waals surface area contributed by atoms with Gasteiger partial charge in [-0.3, -0.25) is 9.69 Å². The molecule has 4 heteroatoms. The van der Waals surface area contributed by atoms with Gasteiger partial charge < -0.3 is 11.1 Å². The Balaban J connectivity index is 2.03. The molecule has 2 aliphatic rings. The number of carbonyl (C=O) groups excluding carboxylic acids is 1. The third-order valence-electron chi connectivity index (χ3n) is 4.09. The quantitative estimate of drug-likeness (QED) is 0.765. The Morgan fingerprint density at radius 2 is 1.88 bits per heavy atom. The molecule has 0 radical (unpaired) electrons. The number of hydrogen-bond acceptors (Lipinski definition) is 3. The van der Waals surface area contributed by atoms with Gasteiger partial charge in [-0.05, 0) is 32.1 Å². The maximum Gasteiger partial charge on any atom is 0.237 e. The molecule has 1 aliphatic carbocycles. The summed E-state index contributed by atoms with van der Waals surface area (Å²) in [6.45, 7) is 2.36. The molecule has 0 aromatic rings. The minimum atomic E-state index is 0.0733. The van der Waals surface area contributed by atoms with E-state index >= 15 is 0 Å². The minimum Gasteiger partial charge on any atom is -0.355 e. The molecule has 1 atom stereocenters. The molecule has 4 nitrogen and oxygen atoms in total. The summed E-state index contributed by atoms with van der Waals surface area (Å²) in [7, 11) is 0. The first-order chi connectivity index (χ1) is 8.33. The smallest absolute Gasteiger partial charge is 0.237 e. The molecule has 1 unspecified atom stereocenters. The van der Waals surface area contributed by atoms with Crippen molar-refractivity contribution in [2.24, 2.45) is 5.73 Å². The van der Waals surface area contributed by atoms with Crippen molar-refractivity contribution in [2.45, 2.75) is 57.0 Å². The van der Waals surface area contributed by atoms with Crippen LogP contribution in [0.25, 0.3) is 0 Å². The molecule has 98 valence electrons. The minimum absolute atomic E-state index is 0.0733. The summed E-state index contributed by atoms with van der Waals surface area (Å²) in [6.07, 6.45) is 8.36. The lowest BCUT2D eigenvalue weighted by molar-refractivity contribution is -0.127. The van der Waals surface area contributed by atoms with E-state index in [0.717, 1.165) is 32.4 Å². The fourth-order valence-corrected chi connectivity index (χ4v) is 3.22. The van der Waals surface area contributed by atoms with E-state index < -0.39 is 0 Å². The van der Waals surface area contributed by atoms with Crippen LogP contribution in [0.1, 0.15) is 44.9 Å². The van der Waals surface area contributed by atoms with E-state index in [1.165, 1.54) is 25.7 Å². The van der Waals surface area contributed by atoms with Crippen LogP contribution >= 0.6 is 0 Å². The molecule has 0 spiro atoms. The number of nitrogens with one attached hydrogen (secondary N) is 1. The van der Waals surface area contributed by atoms with Gasteiger partial charge in [-0.1, -0.05) is 12.8 Å². The number of hydrogen-bond donors (Lipinski definition) is 2. The van der Waals surface area contributed by atoms with Gasteiger partial charge in [0.15, 0.2) is 0 Å². The van der Waals surface area contributed by atoms with Crippen molar-refractivity contribution in [2.75, 3.05) is 19.6 Å². The zero-order valence-corrected chi connectivity index (χ0v) is 10.7. The molecular weight excluding hydrogens is 214 g/mol. The average Bonchev–Trinajstić information content (AvgIpc) is 2.77. The summed E-state index contributed by atoms with van der Waals surface area (Å²) in [5.41, 5.74) is 5.71. The molecule has 1 aliphatic heterocycles. The number of rotatable bonds is 4. The summed E-state index contributed by atoms with van der Waals surface area (Å²) >= 11 is 0. The lowest BCUT2D eigenvalue weighted by Crippen LogP contribution is -2.51. The molecule has 2 rings (SSSR count). The number of amides is 1. The van der Waals surface area contributed by atoms with E-state index in [2.05, 4.69) is 10.2 Å². The third-order valence-corrected chi connectivity index (χ3v) is 4.09. The van der Waals surface area contributed by atoms with E-state index in [9.17, 15) is 4.79 Å². The third kappa shape index (κ3) is 3.19. The standard InChI is InChI=1S/C13H25N3O/c14-8-10-16(11-5-1-2-6-11)12-7-3-4-9-15-13(12)17/h11-12H,1-10,14H2,(H,15,17). The topological polar surface area (TPSA) is 58.4 Å². The molecule has 1 saturated heterocycles. The molecule has 1 amide bonds. The van der Waals surface area contributed by atoms with Crippen molar-refractivity contribution in [1.82, 2.24) is 10.2 Å². The largest absolute Gasteiger partial charge is 0.355 e. The number of nitrogens with zero attached hydrogens (tertiary/aromatic N) is 1. The molecule has 17 heavy (non-hydrogen) atoms. The van der Waals surface area contributed by atoms with Crippen LogP contribution in [0.2, 0.25) is 0 Å². The molecule has 0 aromatic carbocycles. The Morgan fingerprint density at radius 3 is 2.59 bits per heavy atom. The molecule has 2 fully saturated rings. The molecule has 1 saturated carbocycles. The van der Waals surface area contributed by atoms with E-state index in [1.54, 1.807) is 0 Å². The SMILES string of the molecule is NCCN(C1CCCC1)C1CCCCNC1=O. The van der Waals surface area contributed by atoms with Gasteiger partial charge in [-0.15, -0.1) is 0 Å². The Kier molecular flexibility index (Phi) is 4.80. The van der Waals surface area contributed by atoms with E-state index in [-0.39, 0.29) is 11.9 Å². The van der Waals surface area contributed by atoms with Crippen molar-refractivity contribution in [3.05, 3.63) is 0 Å². The molecule has 3 N–H and O–H groups in total. The molecular formula is C13H25N3O. The van der Waals surface area contributed by atoms with Crippen LogP contribution in [-0.2, 0) is 4.79 Å². The van der Waals surface area contributed by atoms with E-state index in [0.29, 0.717) is 12.6 Å². The highest BCUT2D eigenvalue weighted by atomic mass is 16.2.